The normalized spacial score (nSPS) is 10.5. The molecule has 6 heteroatoms. The van der Waals surface area contributed by atoms with Crippen molar-refractivity contribution in [2.45, 2.75) is 13.3 Å². The highest BCUT2D eigenvalue weighted by atomic mass is 16.1. The van der Waals surface area contributed by atoms with Gasteiger partial charge in [-0.2, -0.15) is 4.98 Å². The first-order valence-corrected chi connectivity index (χ1v) is 6.62. The predicted molar refractivity (Wildman–Crippen MR) is 80.8 cm³/mol. The number of nitrogens with zero attached hydrogens (tertiary/aromatic N) is 3. The Kier molecular flexibility index (Phi) is 4.34. The third kappa shape index (κ3) is 3.14. The van der Waals surface area contributed by atoms with Gasteiger partial charge in [0.25, 0.3) is 0 Å². The molecule has 1 heterocycles. The molecule has 0 radical (unpaired) electrons. The van der Waals surface area contributed by atoms with Crippen LogP contribution in [0.2, 0.25) is 0 Å². The second kappa shape index (κ2) is 6.18. The number of anilines is 2. The van der Waals surface area contributed by atoms with Crippen LogP contribution in [0.1, 0.15) is 13.3 Å². The highest BCUT2D eigenvalue weighted by Crippen LogP contribution is 2.24. The maximum Gasteiger partial charge on any atom is 0.236 e. The fraction of sp³-hybridized carbons (Fsp3) is 0.357. The number of carbonyl (C=O) groups excluding carboxylic acids is 1. The average molecular weight is 273 g/mol. The van der Waals surface area contributed by atoms with E-state index in [1.54, 1.807) is 11.9 Å². The maximum atomic E-state index is 11.1. The van der Waals surface area contributed by atoms with Crippen molar-refractivity contribution in [1.29, 1.82) is 0 Å². The van der Waals surface area contributed by atoms with Crippen molar-refractivity contribution in [3.63, 3.8) is 0 Å². The summed E-state index contributed by atoms with van der Waals surface area (Å²) in [5.74, 6) is 0.878. The summed E-state index contributed by atoms with van der Waals surface area (Å²) in [6.07, 6.45) is 0.989. The highest BCUT2D eigenvalue weighted by molar-refractivity contribution is 5.92. The molecule has 6 nitrogen and oxygen atoms in total. The second-order valence-corrected chi connectivity index (χ2v) is 4.64. The largest absolute Gasteiger partial charge is 0.368 e. The molecular formula is C14H19N5O. The Morgan fingerprint density at radius 3 is 2.80 bits per heavy atom. The summed E-state index contributed by atoms with van der Waals surface area (Å²) in [6.45, 7) is 3.00. The number of benzene rings is 1. The Morgan fingerprint density at radius 1 is 1.35 bits per heavy atom. The van der Waals surface area contributed by atoms with E-state index >= 15 is 0 Å². The minimum atomic E-state index is -0.390. The Hall–Kier alpha value is -2.37. The van der Waals surface area contributed by atoms with E-state index < -0.39 is 5.91 Å². The quantitative estimate of drug-likeness (QED) is 0.830. The van der Waals surface area contributed by atoms with Crippen molar-refractivity contribution in [1.82, 2.24) is 9.97 Å². The summed E-state index contributed by atoms with van der Waals surface area (Å²) in [5.41, 5.74) is 6.09. The molecule has 1 aromatic heterocycles. The molecule has 0 aliphatic carbocycles. The van der Waals surface area contributed by atoms with Gasteiger partial charge >= 0.3 is 0 Å². The van der Waals surface area contributed by atoms with Crippen molar-refractivity contribution < 1.29 is 4.79 Å². The lowest BCUT2D eigenvalue weighted by Gasteiger charge is -2.19. The molecule has 0 atom stereocenters. The molecule has 0 saturated heterocycles. The molecular weight excluding hydrogens is 254 g/mol. The lowest BCUT2D eigenvalue weighted by molar-refractivity contribution is -0.116. The molecule has 1 amide bonds. The van der Waals surface area contributed by atoms with Gasteiger partial charge in [-0.15, -0.1) is 0 Å². The molecule has 0 spiro atoms. The van der Waals surface area contributed by atoms with Crippen LogP contribution in [0, 0.1) is 0 Å². The van der Waals surface area contributed by atoms with Gasteiger partial charge in [0.15, 0.2) is 0 Å². The number of nitrogens with one attached hydrogen (secondary N) is 1. The first-order chi connectivity index (χ1) is 9.61. The molecule has 0 bridgehead atoms. The first kappa shape index (κ1) is 14.0. The third-order valence-corrected chi connectivity index (χ3v) is 2.87. The zero-order chi connectivity index (χ0) is 14.5. The van der Waals surface area contributed by atoms with Crippen LogP contribution < -0.4 is 16.0 Å². The number of hydrogen-bond acceptors (Lipinski definition) is 5. The van der Waals surface area contributed by atoms with Gasteiger partial charge < -0.3 is 16.0 Å². The molecule has 3 N–H and O–H groups in total. The highest BCUT2D eigenvalue weighted by Gasteiger charge is 2.12. The number of rotatable bonds is 6. The first-order valence-electron chi connectivity index (χ1n) is 6.62. The molecule has 0 saturated carbocycles. The van der Waals surface area contributed by atoms with E-state index in [9.17, 15) is 4.79 Å². The van der Waals surface area contributed by atoms with Gasteiger partial charge in [-0.3, -0.25) is 4.79 Å². The summed E-state index contributed by atoms with van der Waals surface area (Å²) in [4.78, 5) is 21.8. The third-order valence-electron chi connectivity index (χ3n) is 2.87. The SMILES string of the molecule is CCCNc1nc(N(C)CC(N)=O)c2ccccc2n1. The van der Waals surface area contributed by atoms with Gasteiger partial charge in [-0.25, -0.2) is 4.98 Å². The summed E-state index contributed by atoms with van der Waals surface area (Å²) in [6, 6.07) is 7.71. The minimum absolute atomic E-state index is 0.119. The number of fused-ring (bicyclic) bond motifs is 1. The zero-order valence-corrected chi connectivity index (χ0v) is 11.8. The zero-order valence-electron chi connectivity index (χ0n) is 11.8. The van der Waals surface area contributed by atoms with Gasteiger partial charge in [0.05, 0.1) is 12.1 Å². The number of primary amides is 1. The monoisotopic (exact) mass is 273 g/mol. The topological polar surface area (TPSA) is 84.1 Å². The second-order valence-electron chi connectivity index (χ2n) is 4.64. The van der Waals surface area contributed by atoms with E-state index in [-0.39, 0.29) is 6.54 Å². The standard InChI is InChI=1S/C14H19N5O/c1-3-8-16-14-17-11-7-5-4-6-10(11)13(18-14)19(2)9-12(15)20/h4-7H,3,8-9H2,1-2H3,(H2,15,20)(H,16,17,18). The maximum absolute atomic E-state index is 11.1. The Labute approximate surface area is 118 Å². The molecule has 0 fully saturated rings. The summed E-state index contributed by atoms with van der Waals surface area (Å²) in [5, 5.41) is 4.07. The fourth-order valence-electron chi connectivity index (χ4n) is 1.98. The number of amides is 1. The van der Waals surface area contributed by atoms with Gasteiger partial charge in [0.2, 0.25) is 11.9 Å². The molecule has 2 aromatic rings. The fourth-order valence-corrected chi connectivity index (χ4v) is 1.98. The van der Waals surface area contributed by atoms with E-state index in [0.717, 1.165) is 23.9 Å². The van der Waals surface area contributed by atoms with Gasteiger partial charge in [-0.1, -0.05) is 19.1 Å². The Morgan fingerprint density at radius 2 is 2.10 bits per heavy atom. The van der Waals surface area contributed by atoms with Gasteiger partial charge in [0.1, 0.15) is 5.82 Å². The average Bonchev–Trinajstić information content (AvgIpc) is 2.43. The predicted octanol–water partition coefficient (Wildman–Crippen LogP) is 1.37. The number of aromatic nitrogens is 2. The number of para-hydroxylation sites is 1. The van der Waals surface area contributed by atoms with Crippen LogP contribution in [0.5, 0.6) is 0 Å². The van der Waals surface area contributed by atoms with Crippen molar-refractivity contribution >= 4 is 28.6 Å². The summed E-state index contributed by atoms with van der Waals surface area (Å²) < 4.78 is 0. The molecule has 0 unspecified atom stereocenters. The van der Waals surface area contributed by atoms with Crippen LogP contribution >= 0.6 is 0 Å². The molecule has 2 rings (SSSR count). The van der Waals surface area contributed by atoms with Crippen molar-refractivity contribution in [2.75, 3.05) is 30.4 Å². The Balaban J connectivity index is 2.45. The van der Waals surface area contributed by atoms with E-state index in [1.807, 2.05) is 24.3 Å². The van der Waals surface area contributed by atoms with Crippen LogP contribution in [0.3, 0.4) is 0 Å². The van der Waals surface area contributed by atoms with Gasteiger partial charge in [-0.05, 0) is 18.6 Å². The smallest absolute Gasteiger partial charge is 0.236 e. The van der Waals surface area contributed by atoms with E-state index in [1.165, 1.54) is 0 Å². The summed E-state index contributed by atoms with van der Waals surface area (Å²) >= 11 is 0. The molecule has 0 aliphatic heterocycles. The van der Waals surface area contributed by atoms with Crippen molar-refractivity contribution in [3.05, 3.63) is 24.3 Å². The van der Waals surface area contributed by atoms with Crippen molar-refractivity contribution in [2.24, 2.45) is 5.73 Å². The van der Waals surface area contributed by atoms with E-state index in [4.69, 9.17) is 5.73 Å². The molecule has 20 heavy (non-hydrogen) atoms. The lowest BCUT2D eigenvalue weighted by atomic mass is 10.2. The Bertz CT molecular complexity index is 614. The summed E-state index contributed by atoms with van der Waals surface area (Å²) in [7, 11) is 1.79. The number of likely N-dealkylation sites (N-methyl/N-ethyl adjacent to an activating group) is 1. The number of nitrogens with two attached hydrogens (primary N) is 1. The number of carbonyl (C=O) groups is 1. The van der Waals surface area contributed by atoms with Crippen LogP contribution in [-0.2, 0) is 4.79 Å². The lowest BCUT2D eigenvalue weighted by Crippen LogP contribution is -2.31. The van der Waals surface area contributed by atoms with Crippen LogP contribution in [0.4, 0.5) is 11.8 Å². The van der Waals surface area contributed by atoms with Crippen LogP contribution in [0.15, 0.2) is 24.3 Å². The van der Waals surface area contributed by atoms with E-state index in [2.05, 4.69) is 22.2 Å². The molecule has 1 aromatic carbocycles. The number of hydrogen-bond donors (Lipinski definition) is 2. The molecule has 0 aliphatic rings. The van der Waals surface area contributed by atoms with Crippen LogP contribution in [0.25, 0.3) is 10.9 Å². The van der Waals surface area contributed by atoms with Gasteiger partial charge in [0, 0.05) is 19.0 Å². The molecule has 106 valence electrons. The van der Waals surface area contributed by atoms with Crippen molar-refractivity contribution in [3.8, 4) is 0 Å². The minimum Gasteiger partial charge on any atom is -0.368 e. The van der Waals surface area contributed by atoms with E-state index in [0.29, 0.717) is 11.8 Å². The van der Waals surface area contributed by atoms with Crippen LogP contribution in [-0.4, -0.2) is 36.0 Å².